The van der Waals surface area contributed by atoms with Crippen LogP contribution in [0.2, 0.25) is 0 Å². The van der Waals surface area contributed by atoms with Crippen LogP contribution in [0.25, 0.3) is 0 Å². The maximum absolute atomic E-state index is 9.83. The number of hydrogen-bond acceptors (Lipinski definition) is 3. The van der Waals surface area contributed by atoms with Crippen LogP contribution < -0.4 is 0 Å². The molecule has 1 saturated heterocycles. The van der Waals surface area contributed by atoms with Crippen LogP contribution in [0.15, 0.2) is 12.7 Å². The van der Waals surface area contributed by atoms with Crippen LogP contribution in [0.3, 0.4) is 0 Å². The van der Waals surface area contributed by atoms with Crippen LogP contribution in [0.1, 0.15) is 12.8 Å². The molecule has 0 radical (unpaired) electrons. The highest BCUT2D eigenvalue weighted by Crippen LogP contribution is 2.59. The van der Waals surface area contributed by atoms with Gasteiger partial charge in [0.15, 0.2) is 5.79 Å². The molecule has 0 aromatic heterocycles. The van der Waals surface area contributed by atoms with Crippen molar-refractivity contribution in [3.05, 3.63) is 12.7 Å². The number of aliphatic hydroxyl groups is 1. The third-order valence-corrected chi connectivity index (χ3v) is 4.08. The van der Waals surface area contributed by atoms with Crippen molar-refractivity contribution in [2.75, 3.05) is 13.2 Å². The minimum absolute atomic E-state index is 0.241. The normalized spacial score (nSPS) is 48.9. The lowest BCUT2D eigenvalue weighted by atomic mass is 9.67. The quantitative estimate of drug-likeness (QED) is 0.634. The summed E-state index contributed by atoms with van der Waals surface area (Å²) in [7, 11) is 0. The predicted octanol–water partition coefficient (Wildman–Crippen LogP) is 0.932. The van der Waals surface area contributed by atoms with Crippen molar-refractivity contribution in [1.29, 1.82) is 0 Å². The zero-order valence-corrected chi connectivity index (χ0v) is 8.19. The van der Waals surface area contributed by atoms with Gasteiger partial charge >= 0.3 is 0 Å². The van der Waals surface area contributed by atoms with Crippen LogP contribution in [-0.2, 0) is 9.47 Å². The van der Waals surface area contributed by atoms with Gasteiger partial charge in [-0.25, -0.2) is 0 Å². The first kappa shape index (κ1) is 8.89. The standard InChI is InChI=1S/C11H16O3/c1-2-7-8-6-11(13-3-4-14-11)9(8)5-10(7)12/h2,7-10,12H,1,3-6H2/t7-,8-,9+,10-/m0/s1. The lowest BCUT2D eigenvalue weighted by Gasteiger charge is -2.48. The highest BCUT2D eigenvalue weighted by atomic mass is 16.7. The molecule has 1 aliphatic heterocycles. The molecule has 4 atom stereocenters. The lowest BCUT2D eigenvalue weighted by Crippen LogP contribution is -2.53. The number of hydrogen-bond donors (Lipinski definition) is 1. The Balaban J connectivity index is 1.80. The van der Waals surface area contributed by atoms with Crippen LogP contribution in [0.5, 0.6) is 0 Å². The van der Waals surface area contributed by atoms with E-state index in [0.717, 1.165) is 12.8 Å². The first-order chi connectivity index (χ1) is 6.77. The second kappa shape index (κ2) is 2.81. The van der Waals surface area contributed by atoms with Crippen molar-refractivity contribution in [2.24, 2.45) is 17.8 Å². The molecule has 0 aromatic rings. The van der Waals surface area contributed by atoms with E-state index in [4.69, 9.17) is 9.47 Å². The Bertz CT molecular complexity index is 257. The Morgan fingerprint density at radius 1 is 1.36 bits per heavy atom. The largest absolute Gasteiger partial charge is 0.392 e. The summed E-state index contributed by atoms with van der Waals surface area (Å²) in [4.78, 5) is 0. The molecule has 2 saturated carbocycles. The van der Waals surface area contributed by atoms with Crippen LogP contribution in [0.4, 0.5) is 0 Å². The van der Waals surface area contributed by atoms with E-state index in [2.05, 4.69) is 6.58 Å². The van der Waals surface area contributed by atoms with Crippen molar-refractivity contribution in [3.63, 3.8) is 0 Å². The van der Waals surface area contributed by atoms with E-state index in [0.29, 0.717) is 25.0 Å². The highest BCUT2D eigenvalue weighted by molar-refractivity contribution is 5.12. The van der Waals surface area contributed by atoms with Crippen molar-refractivity contribution >= 4 is 0 Å². The first-order valence-electron chi connectivity index (χ1n) is 5.35. The molecule has 0 aromatic carbocycles. The maximum atomic E-state index is 9.83. The number of rotatable bonds is 1. The summed E-state index contributed by atoms with van der Waals surface area (Å²) in [6.45, 7) is 5.20. The van der Waals surface area contributed by atoms with E-state index in [-0.39, 0.29) is 17.8 Å². The first-order valence-corrected chi connectivity index (χ1v) is 5.35. The third kappa shape index (κ3) is 0.926. The monoisotopic (exact) mass is 196 g/mol. The van der Waals surface area contributed by atoms with Crippen molar-refractivity contribution in [3.8, 4) is 0 Å². The van der Waals surface area contributed by atoms with Gasteiger partial charge in [0.25, 0.3) is 0 Å². The number of fused-ring (bicyclic) bond motifs is 2. The molecule has 3 nitrogen and oxygen atoms in total. The van der Waals surface area contributed by atoms with Gasteiger partial charge in [-0.1, -0.05) is 6.08 Å². The summed E-state index contributed by atoms with van der Waals surface area (Å²) in [5, 5.41) is 9.83. The average molecular weight is 196 g/mol. The van der Waals surface area contributed by atoms with E-state index in [1.165, 1.54) is 0 Å². The van der Waals surface area contributed by atoms with Gasteiger partial charge in [-0.05, 0) is 12.3 Å². The van der Waals surface area contributed by atoms with Gasteiger partial charge in [-0.2, -0.15) is 0 Å². The van der Waals surface area contributed by atoms with Gasteiger partial charge in [0.05, 0.1) is 19.3 Å². The Labute approximate surface area is 83.7 Å². The smallest absolute Gasteiger partial charge is 0.171 e. The van der Waals surface area contributed by atoms with Gasteiger partial charge in [0.1, 0.15) is 0 Å². The van der Waals surface area contributed by atoms with Gasteiger partial charge in [-0.3, -0.25) is 0 Å². The fourth-order valence-electron chi connectivity index (χ4n) is 3.38. The fraction of sp³-hybridized carbons (Fsp3) is 0.818. The second-order valence-electron chi connectivity index (χ2n) is 4.60. The Morgan fingerprint density at radius 2 is 2.07 bits per heavy atom. The molecule has 3 fully saturated rings. The van der Waals surface area contributed by atoms with E-state index < -0.39 is 0 Å². The van der Waals surface area contributed by atoms with E-state index >= 15 is 0 Å². The summed E-state index contributed by atoms with van der Waals surface area (Å²) in [5.41, 5.74) is 0. The topological polar surface area (TPSA) is 38.7 Å². The molecular formula is C11H16O3. The fourth-order valence-corrected chi connectivity index (χ4v) is 3.38. The van der Waals surface area contributed by atoms with Gasteiger partial charge in [0, 0.05) is 18.3 Å². The Hall–Kier alpha value is -0.380. The molecule has 78 valence electrons. The molecule has 1 heterocycles. The zero-order chi connectivity index (χ0) is 9.76. The minimum atomic E-state index is -0.330. The van der Waals surface area contributed by atoms with Crippen molar-refractivity contribution < 1.29 is 14.6 Å². The van der Waals surface area contributed by atoms with Crippen molar-refractivity contribution in [2.45, 2.75) is 24.7 Å². The molecule has 0 unspecified atom stereocenters. The Kier molecular flexibility index (Phi) is 1.79. The van der Waals surface area contributed by atoms with E-state index in [1.54, 1.807) is 0 Å². The Morgan fingerprint density at radius 3 is 2.71 bits per heavy atom. The molecule has 14 heavy (non-hydrogen) atoms. The molecule has 3 aliphatic rings. The average Bonchev–Trinajstić information content (AvgIpc) is 2.72. The molecule has 1 N–H and O–H groups in total. The number of aliphatic hydroxyl groups excluding tert-OH is 1. The molecule has 0 bridgehead atoms. The second-order valence-corrected chi connectivity index (χ2v) is 4.60. The molecule has 0 amide bonds. The van der Waals surface area contributed by atoms with Gasteiger partial charge < -0.3 is 14.6 Å². The van der Waals surface area contributed by atoms with E-state index in [9.17, 15) is 5.11 Å². The zero-order valence-electron chi connectivity index (χ0n) is 8.19. The summed E-state index contributed by atoms with van der Waals surface area (Å²) >= 11 is 0. The van der Waals surface area contributed by atoms with Crippen molar-refractivity contribution in [1.82, 2.24) is 0 Å². The van der Waals surface area contributed by atoms with Gasteiger partial charge in [-0.15, -0.1) is 6.58 Å². The molecule has 3 heteroatoms. The summed E-state index contributed by atoms with van der Waals surface area (Å²) < 4.78 is 11.3. The summed E-state index contributed by atoms with van der Waals surface area (Å²) in [6.07, 6.45) is 3.39. The molecule has 1 spiro atoms. The van der Waals surface area contributed by atoms with Gasteiger partial charge in [0.2, 0.25) is 0 Å². The predicted molar refractivity (Wildman–Crippen MR) is 50.5 cm³/mol. The van der Waals surface area contributed by atoms with Crippen LogP contribution >= 0.6 is 0 Å². The molecule has 3 rings (SSSR count). The SMILES string of the molecule is C=C[C@H]1[C@@H]2CC3(OCCO3)[C@@H]2C[C@@H]1O. The minimum Gasteiger partial charge on any atom is -0.392 e. The summed E-state index contributed by atoms with van der Waals surface area (Å²) in [6, 6.07) is 0. The number of ether oxygens (including phenoxy) is 2. The van der Waals surface area contributed by atoms with Crippen LogP contribution in [-0.4, -0.2) is 30.2 Å². The highest BCUT2D eigenvalue weighted by Gasteiger charge is 2.64. The van der Waals surface area contributed by atoms with Crippen LogP contribution in [0, 0.1) is 17.8 Å². The third-order valence-electron chi connectivity index (χ3n) is 4.08. The summed E-state index contributed by atoms with van der Waals surface area (Å²) in [5.74, 6) is 0.839. The molecular weight excluding hydrogens is 180 g/mol. The lowest BCUT2D eigenvalue weighted by molar-refractivity contribution is -0.270. The molecule has 2 aliphatic carbocycles. The van der Waals surface area contributed by atoms with E-state index in [1.807, 2.05) is 6.08 Å². The maximum Gasteiger partial charge on any atom is 0.171 e.